The third-order valence-corrected chi connectivity index (χ3v) is 4.40. The minimum atomic E-state index is -0.958. The maximum absolute atomic E-state index is 12.3. The summed E-state index contributed by atoms with van der Waals surface area (Å²) in [4.78, 5) is 37.7. The molecule has 2 fully saturated rings. The van der Waals surface area contributed by atoms with Crippen LogP contribution in [0.3, 0.4) is 0 Å². The Morgan fingerprint density at radius 3 is 2.56 bits per heavy atom. The number of carbonyl (C=O) groups excluding carboxylic acids is 2. The summed E-state index contributed by atoms with van der Waals surface area (Å²) >= 11 is 1.53. The van der Waals surface area contributed by atoms with E-state index in [1.165, 1.54) is 28.5 Å². The molecule has 6 nitrogen and oxygen atoms in total. The third-order valence-electron chi connectivity index (χ3n) is 3.39. The molecule has 0 spiro atoms. The van der Waals surface area contributed by atoms with Crippen molar-refractivity contribution in [1.29, 1.82) is 0 Å². The van der Waals surface area contributed by atoms with E-state index in [2.05, 4.69) is 0 Å². The van der Waals surface area contributed by atoms with Gasteiger partial charge in [-0.3, -0.25) is 9.59 Å². The molecule has 2 rings (SSSR count). The van der Waals surface area contributed by atoms with E-state index in [1.54, 1.807) is 0 Å². The fourth-order valence-corrected chi connectivity index (χ4v) is 3.65. The normalized spacial score (nSPS) is 27.6. The predicted molar refractivity (Wildman–Crippen MR) is 66.0 cm³/mol. The van der Waals surface area contributed by atoms with Gasteiger partial charge in [-0.15, -0.1) is 11.8 Å². The number of nitrogens with zero attached hydrogens (tertiary/aromatic N) is 2. The zero-order chi connectivity index (χ0) is 13.3. The molecule has 100 valence electrons. The smallest absolute Gasteiger partial charge is 0.326 e. The van der Waals surface area contributed by atoms with Crippen molar-refractivity contribution in [3.8, 4) is 0 Å². The fourth-order valence-electron chi connectivity index (χ4n) is 2.44. The quantitative estimate of drug-likeness (QED) is 0.764. The zero-order valence-corrected chi connectivity index (χ0v) is 11.0. The van der Waals surface area contributed by atoms with Crippen LogP contribution in [-0.4, -0.2) is 62.9 Å². The molecule has 0 aliphatic carbocycles. The molecule has 2 aliphatic rings. The lowest BCUT2D eigenvalue weighted by molar-refractivity contribution is -0.151. The Labute approximate surface area is 109 Å². The van der Waals surface area contributed by atoms with Gasteiger partial charge in [-0.2, -0.15) is 0 Å². The molecular weight excluding hydrogens is 256 g/mol. The van der Waals surface area contributed by atoms with Crippen molar-refractivity contribution in [2.24, 2.45) is 0 Å². The number of rotatable bonds is 2. The lowest BCUT2D eigenvalue weighted by atomic mass is 10.2. The molecule has 0 aromatic carbocycles. The summed E-state index contributed by atoms with van der Waals surface area (Å²) in [7, 11) is 0. The van der Waals surface area contributed by atoms with E-state index in [9.17, 15) is 14.4 Å². The molecule has 2 atom stereocenters. The third kappa shape index (κ3) is 2.31. The topological polar surface area (TPSA) is 77.9 Å². The van der Waals surface area contributed by atoms with Crippen LogP contribution in [-0.2, 0) is 14.4 Å². The number of carboxylic acids is 1. The minimum absolute atomic E-state index is 0.135. The number of amides is 2. The fraction of sp³-hybridized carbons (Fsp3) is 0.727. The first-order valence-electron chi connectivity index (χ1n) is 5.90. The Balaban J connectivity index is 2.11. The summed E-state index contributed by atoms with van der Waals surface area (Å²) < 4.78 is 0. The lowest BCUT2D eigenvalue weighted by Crippen LogP contribution is -2.51. The molecule has 0 aromatic heterocycles. The highest BCUT2D eigenvalue weighted by Gasteiger charge is 2.41. The first-order valence-corrected chi connectivity index (χ1v) is 7.06. The number of hydrogen-bond donors (Lipinski definition) is 1. The minimum Gasteiger partial charge on any atom is -0.480 e. The van der Waals surface area contributed by atoms with E-state index in [0.717, 1.165) is 0 Å². The van der Waals surface area contributed by atoms with Gasteiger partial charge in [0.05, 0.1) is 5.88 Å². The van der Waals surface area contributed by atoms with E-state index < -0.39 is 18.1 Å². The second kappa shape index (κ2) is 5.17. The number of hydrogen-bond acceptors (Lipinski definition) is 4. The molecule has 0 aromatic rings. The van der Waals surface area contributed by atoms with E-state index in [-0.39, 0.29) is 11.8 Å². The van der Waals surface area contributed by atoms with Gasteiger partial charge in [0.2, 0.25) is 11.8 Å². The van der Waals surface area contributed by atoms with Gasteiger partial charge in [0.25, 0.3) is 0 Å². The van der Waals surface area contributed by atoms with Crippen molar-refractivity contribution >= 4 is 29.5 Å². The molecule has 0 saturated carbocycles. The van der Waals surface area contributed by atoms with Crippen LogP contribution in [0.15, 0.2) is 0 Å². The number of carboxylic acid groups (broad SMARTS) is 1. The molecule has 2 aliphatic heterocycles. The molecular formula is C11H16N2O4S. The molecule has 2 heterocycles. The van der Waals surface area contributed by atoms with Crippen molar-refractivity contribution in [3.63, 3.8) is 0 Å². The zero-order valence-electron chi connectivity index (χ0n) is 10.2. The van der Waals surface area contributed by atoms with Gasteiger partial charge in [0.1, 0.15) is 12.1 Å². The number of aliphatic carboxylic acids is 1. The molecule has 1 N–H and O–H groups in total. The Bertz CT molecular complexity index is 353. The van der Waals surface area contributed by atoms with Crippen LogP contribution in [0, 0.1) is 0 Å². The predicted octanol–water partition coefficient (Wildman–Crippen LogP) is -0.0166. The number of thioether (sulfide) groups is 1. The van der Waals surface area contributed by atoms with E-state index >= 15 is 0 Å². The highest BCUT2D eigenvalue weighted by Crippen LogP contribution is 2.26. The van der Waals surface area contributed by atoms with E-state index in [0.29, 0.717) is 31.0 Å². The van der Waals surface area contributed by atoms with Gasteiger partial charge in [-0.05, 0) is 12.8 Å². The monoisotopic (exact) mass is 272 g/mol. The number of likely N-dealkylation sites (tertiary alicyclic amines) is 1. The highest BCUT2D eigenvalue weighted by atomic mass is 32.2. The van der Waals surface area contributed by atoms with Crippen LogP contribution in [0.2, 0.25) is 0 Å². The summed E-state index contributed by atoms with van der Waals surface area (Å²) in [5.41, 5.74) is 0. The van der Waals surface area contributed by atoms with Crippen LogP contribution in [0.1, 0.15) is 19.8 Å². The van der Waals surface area contributed by atoms with Crippen molar-refractivity contribution in [1.82, 2.24) is 9.80 Å². The van der Waals surface area contributed by atoms with Gasteiger partial charge < -0.3 is 14.9 Å². The Morgan fingerprint density at radius 1 is 1.22 bits per heavy atom. The average Bonchev–Trinajstić information content (AvgIpc) is 2.97. The van der Waals surface area contributed by atoms with Crippen LogP contribution in [0.5, 0.6) is 0 Å². The molecule has 18 heavy (non-hydrogen) atoms. The van der Waals surface area contributed by atoms with Gasteiger partial charge in [-0.1, -0.05) is 0 Å². The van der Waals surface area contributed by atoms with Crippen molar-refractivity contribution in [2.75, 3.05) is 18.2 Å². The summed E-state index contributed by atoms with van der Waals surface area (Å²) in [5.74, 6) is -0.246. The van der Waals surface area contributed by atoms with Gasteiger partial charge in [0, 0.05) is 19.2 Å². The summed E-state index contributed by atoms with van der Waals surface area (Å²) in [6.45, 7) is 1.91. The largest absolute Gasteiger partial charge is 0.480 e. The number of carbonyl (C=O) groups is 3. The molecule has 0 bridgehead atoms. The van der Waals surface area contributed by atoms with Crippen molar-refractivity contribution in [2.45, 2.75) is 31.8 Å². The van der Waals surface area contributed by atoms with Crippen LogP contribution in [0.4, 0.5) is 0 Å². The molecule has 0 unspecified atom stereocenters. The van der Waals surface area contributed by atoms with Crippen molar-refractivity contribution < 1.29 is 19.5 Å². The first kappa shape index (κ1) is 13.2. The Morgan fingerprint density at radius 2 is 1.94 bits per heavy atom. The molecule has 2 amide bonds. The van der Waals surface area contributed by atoms with E-state index in [1.807, 2.05) is 0 Å². The Kier molecular flexibility index (Phi) is 3.79. The van der Waals surface area contributed by atoms with Crippen molar-refractivity contribution in [3.05, 3.63) is 0 Å². The van der Waals surface area contributed by atoms with Gasteiger partial charge in [-0.25, -0.2) is 4.79 Å². The maximum atomic E-state index is 12.3. The van der Waals surface area contributed by atoms with Crippen LogP contribution in [0.25, 0.3) is 0 Å². The average molecular weight is 272 g/mol. The molecule has 7 heteroatoms. The first-order chi connectivity index (χ1) is 8.52. The summed E-state index contributed by atoms with van der Waals surface area (Å²) in [6, 6.07) is -1.22. The standard InChI is InChI=1S/C11H16N2O4S/c1-7(14)13-6-18-5-9(13)10(15)12-4-2-3-8(12)11(16)17/h8-9H,2-6H2,1H3,(H,16,17)/t8-,9+/m0/s1. The Hall–Kier alpha value is -1.24. The van der Waals surface area contributed by atoms with Crippen LogP contribution >= 0.6 is 11.8 Å². The van der Waals surface area contributed by atoms with Crippen LogP contribution < -0.4 is 0 Å². The second-order valence-corrected chi connectivity index (χ2v) is 5.53. The van der Waals surface area contributed by atoms with Gasteiger partial charge in [0.15, 0.2) is 0 Å². The summed E-state index contributed by atoms with van der Waals surface area (Å²) in [6.07, 6.45) is 1.21. The van der Waals surface area contributed by atoms with Gasteiger partial charge >= 0.3 is 5.97 Å². The molecule has 0 radical (unpaired) electrons. The lowest BCUT2D eigenvalue weighted by Gasteiger charge is -2.28. The highest BCUT2D eigenvalue weighted by molar-refractivity contribution is 7.99. The maximum Gasteiger partial charge on any atom is 0.326 e. The molecule has 2 saturated heterocycles. The summed E-state index contributed by atoms with van der Waals surface area (Å²) in [5, 5.41) is 9.07. The van der Waals surface area contributed by atoms with E-state index in [4.69, 9.17) is 5.11 Å². The second-order valence-electron chi connectivity index (χ2n) is 4.53. The SMILES string of the molecule is CC(=O)N1CSC[C@@H]1C(=O)N1CCC[C@H]1C(=O)O.